The number of amides is 3. The molecule has 0 fully saturated rings. The van der Waals surface area contributed by atoms with E-state index in [1.165, 1.54) is 0 Å². The predicted octanol–water partition coefficient (Wildman–Crippen LogP) is -0.00690. The normalized spacial score (nSPS) is 13.7. The van der Waals surface area contributed by atoms with E-state index in [-0.39, 0.29) is 12.3 Å². The lowest BCUT2D eigenvalue weighted by molar-refractivity contribution is -0.143. The lowest BCUT2D eigenvalue weighted by atomic mass is 10.0. The molecule has 11 heteroatoms. The number of carbonyl (C=O) groups is 4. The number of hydrogen-bond donors (Lipinski definition) is 7. The van der Waals surface area contributed by atoms with Gasteiger partial charge in [0.15, 0.2) is 0 Å². The van der Waals surface area contributed by atoms with Crippen molar-refractivity contribution in [2.45, 2.75) is 57.7 Å². The third-order valence-electron chi connectivity index (χ3n) is 5.70. The number of aliphatic carboxylic acids is 1. The van der Waals surface area contributed by atoms with E-state index in [2.05, 4.69) is 20.9 Å². The second-order valence-corrected chi connectivity index (χ2v) is 8.86. The molecule has 1 aromatic carbocycles. The fourth-order valence-corrected chi connectivity index (χ4v) is 3.70. The number of aromatic nitrogens is 1. The highest BCUT2D eigenvalue weighted by Gasteiger charge is 2.26. The van der Waals surface area contributed by atoms with Gasteiger partial charge in [-0.25, -0.2) is 4.79 Å². The number of hydrogen-bond acceptors (Lipinski definition) is 6. The van der Waals surface area contributed by atoms with Crippen molar-refractivity contribution in [3.63, 3.8) is 0 Å². The predicted molar refractivity (Wildman–Crippen MR) is 132 cm³/mol. The maximum absolute atomic E-state index is 12.8. The Balaban J connectivity index is 1.97. The molecule has 9 N–H and O–H groups in total. The number of benzene rings is 1. The van der Waals surface area contributed by atoms with Crippen molar-refractivity contribution in [3.05, 3.63) is 36.0 Å². The Morgan fingerprint density at radius 3 is 2.43 bits per heavy atom. The van der Waals surface area contributed by atoms with Crippen LogP contribution in [0.15, 0.2) is 30.5 Å². The Labute approximate surface area is 204 Å². The molecule has 1 heterocycles. The summed E-state index contributed by atoms with van der Waals surface area (Å²) in [6, 6.07) is 4.82. The molecule has 2 aromatic rings. The number of H-pyrrole nitrogens is 1. The summed E-state index contributed by atoms with van der Waals surface area (Å²) in [4.78, 5) is 52.1. The molecule has 192 valence electrons. The number of carboxylic acid groups (broad SMARTS) is 1. The van der Waals surface area contributed by atoms with Crippen LogP contribution in [0.3, 0.4) is 0 Å². The van der Waals surface area contributed by atoms with Gasteiger partial charge in [0.2, 0.25) is 17.7 Å². The van der Waals surface area contributed by atoms with Crippen LogP contribution < -0.4 is 27.4 Å². The van der Waals surface area contributed by atoms with Gasteiger partial charge < -0.3 is 37.5 Å². The molecule has 0 saturated heterocycles. The SMILES string of the molecule is CC(C)C(NC(=O)CNC(=O)C(CCCCN)NC(=O)C(N)Cc1c[nH]c2ccccc12)C(=O)O. The van der Waals surface area contributed by atoms with Gasteiger partial charge in [-0.1, -0.05) is 32.0 Å². The van der Waals surface area contributed by atoms with E-state index in [1.807, 2.05) is 30.5 Å². The highest BCUT2D eigenvalue weighted by Crippen LogP contribution is 2.18. The van der Waals surface area contributed by atoms with E-state index in [9.17, 15) is 24.3 Å². The second kappa shape index (κ2) is 13.4. The van der Waals surface area contributed by atoms with Crippen LogP contribution in [0.1, 0.15) is 38.7 Å². The van der Waals surface area contributed by atoms with E-state index in [1.54, 1.807) is 13.8 Å². The van der Waals surface area contributed by atoms with Gasteiger partial charge in [0.25, 0.3) is 0 Å². The molecule has 0 saturated carbocycles. The lowest BCUT2D eigenvalue weighted by Gasteiger charge is -2.21. The molecule has 35 heavy (non-hydrogen) atoms. The molecule has 0 aliphatic rings. The van der Waals surface area contributed by atoms with E-state index < -0.39 is 48.4 Å². The molecule has 2 rings (SSSR count). The standard InChI is InChI=1S/C24H36N6O5/c1-14(2)21(24(34)35)30-20(31)13-28-23(33)19(9-5-6-10-25)29-22(32)17(26)11-15-12-27-18-8-4-3-7-16(15)18/h3-4,7-8,12,14,17,19,21,27H,5-6,9-11,13,25-26H2,1-2H3,(H,28,33)(H,29,32)(H,30,31)(H,34,35). The van der Waals surface area contributed by atoms with Crippen molar-refractivity contribution < 1.29 is 24.3 Å². The Bertz CT molecular complexity index is 1020. The molecule has 3 amide bonds. The minimum atomic E-state index is -1.16. The Morgan fingerprint density at radius 1 is 1.06 bits per heavy atom. The van der Waals surface area contributed by atoms with E-state index in [0.29, 0.717) is 25.8 Å². The third kappa shape index (κ3) is 8.37. The number of nitrogens with two attached hydrogens (primary N) is 2. The van der Waals surface area contributed by atoms with E-state index in [0.717, 1.165) is 16.5 Å². The summed E-state index contributed by atoms with van der Waals surface area (Å²) in [5, 5.41) is 17.7. The number of fused-ring (bicyclic) bond motifs is 1. The van der Waals surface area contributed by atoms with Gasteiger partial charge in [0.1, 0.15) is 12.1 Å². The molecular weight excluding hydrogens is 452 g/mol. The molecule has 1 aromatic heterocycles. The van der Waals surface area contributed by atoms with Gasteiger partial charge in [0.05, 0.1) is 12.6 Å². The van der Waals surface area contributed by atoms with Crippen LogP contribution in [0.2, 0.25) is 0 Å². The number of aromatic amines is 1. The van der Waals surface area contributed by atoms with Crippen molar-refractivity contribution in [3.8, 4) is 0 Å². The smallest absolute Gasteiger partial charge is 0.326 e. The minimum Gasteiger partial charge on any atom is -0.480 e. The first-order valence-corrected chi connectivity index (χ1v) is 11.7. The number of carboxylic acids is 1. The van der Waals surface area contributed by atoms with Crippen LogP contribution >= 0.6 is 0 Å². The van der Waals surface area contributed by atoms with Gasteiger partial charge in [-0.2, -0.15) is 0 Å². The Morgan fingerprint density at radius 2 is 1.77 bits per heavy atom. The van der Waals surface area contributed by atoms with Crippen molar-refractivity contribution in [1.29, 1.82) is 0 Å². The summed E-state index contributed by atoms with van der Waals surface area (Å²) >= 11 is 0. The highest BCUT2D eigenvalue weighted by atomic mass is 16.4. The summed E-state index contributed by atoms with van der Waals surface area (Å²) in [5.74, 6) is -3.16. The number of unbranched alkanes of at least 4 members (excludes halogenated alkanes) is 1. The summed E-state index contributed by atoms with van der Waals surface area (Å²) < 4.78 is 0. The number of nitrogens with one attached hydrogen (secondary N) is 4. The molecule has 3 atom stereocenters. The number of rotatable bonds is 14. The van der Waals surface area contributed by atoms with Gasteiger partial charge in [0, 0.05) is 17.1 Å². The highest BCUT2D eigenvalue weighted by molar-refractivity contribution is 5.93. The molecule has 0 spiro atoms. The zero-order chi connectivity index (χ0) is 26.0. The van der Waals surface area contributed by atoms with Crippen LogP contribution in [0.5, 0.6) is 0 Å². The summed E-state index contributed by atoms with van der Waals surface area (Å²) in [6.07, 6.45) is 3.66. The molecular formula is C24H36N6O5. The summed E-state index contributed by atoms with van der Waals surface area (Å²) in [5.41, 5.74) is 13.5. The summed E-state index contributed by atoms with van der Waals surface area (Å²) in [6.45, 7) is 3.36. The molecule has 0 aliphatic carbocycles. The maximum atomic E-state index is 12.8. The zero-order valence-electron chi connectivity index (χ0n) is 20.2. The fourth-order valence-electron chi connectivity index (χ4n) is 3.70. The topological polar surface area (TPSA) is 192 Å². The fraction of sp³-hybridized carbons (Fsp3) is 0.500. The summed E-state index contributed by atoms with van der Waals surface area (Å²) in [7, 11) is 0. The molecule has 0 aliphatic heterocycles. The van der Waals surface area contributed by atoms with Crippen molar-refractivity contribution in [2.75, 3.05) is 13.1 Å². The quantitative estimate of drug-likeness (QED) is 0.182. The largest absolute Gasteiger partial charge is 0.480 e. The first kappa shape index (κ1) is 27.8. The zero-order valence-corrected chi connectivity index (χ0v) is 20.2. The van der Waals surface area contributed by atoms with Gasteiger partial charge in [-0.05, 0) is 49.8 Å². The third-order valence-corrected chi connectivity index (χ3v) is 5.70. The van der Waals surface area contributed by atoms with Gasteiger partial charge in [-0.15, -0.1) is 0 Å². The minimum absolute atomic E-state index is 0.279. The average Bonchev–Trinajstić information content (AvgIpc) is 3.22. The maximum Gasteiger partial charge on any atom is 0.326 e. The van der Waals surface area contributed by atoms with Crippen molar-refractivity contribution >= 4 is 34.6 Å². The van der Waals surface area contributed by atoms with Gasteiger partial charge >= 0.3 is 5.97 Å². The molecule has 3 unspecified atom stereocenters. The number of para-hydroxylation sites is 1. The van der Waals surface area contributed by atoms with Crippen LogP contribution in [0.25, 0.3) is 10.9 Å². The Hall–Kier alpha value is -3.44. The van der Waals surface area contributed by atoms with Crippen LogP contribution in [-0.4, -0.2) is 65.0 Å². The van der Waals surface area contributed by atoms with Crippen molar-refractivity contribution in [1.82, 2.24) is 20.9 Å². The van der Waals surface area contributed by atoms with Gasteiger partial charge in [-0.3, -0.25) is 14.4 Å². The van der Waals surface area contributed by atoms with Crippen LogP contribution in [0.4, 0.5) is 0 Å². The van der Waals surface area contributed by atoms with Crippen molar-refractivity contribution in [2.24, 2.45) is 17.4 Å². The first-order chi connectivity index (χ1) is 16.6. The molecule has 0 bridgehead atoms. The first-order valence-electron chi connectivity index (χ1n) is 11.7. The molecule has 11 nitrogen and oxygen atoms in total. The Kier molecular flexibility index (Phi) is 10.7. The average molecular weight is 489 g/mol. The van der Waals surface area contributed by atoms with Crippen LogP contribution in [-0.2, 0) is 25.6 Å². The molecule has 0 radical (unpaired) electrons. The van der Waals surface area contributed by atoms with E-state index >= 15 is 0 Å². The lowest BCUT2D eigenvalue weighted by Crippen LogP contribution is -2.54. The second-order valence-electron chi connectivity index (χ2n) is 8.86. The monoisotopic (exact) mass is 488 g/mol. The van der Waals surface area contributed by atoms with E-state index in [4.69, 9.17) is 11.5 Å². The van der Waals surface area contributed by atoms with Crippen LogP contribution in [0, 0.1) is 5.92 Å². The number of carbonyl (C=O) groups excluding carboxylic acids is 3.